The molecule has 120 valence electrons. The maximum absolute atomic E-state index is 4.65. The van der Waals surface area contributed by atoms with Crippen molar-refractivity contribution in [1.29, 1.82) is 0 Å². The summed E-state index contributed by atoms with van der Waals surface area (Å²) in [7, 11) is 0. The summed E-state index contributed by atoms with van der Waals surface area (Å²) in [5, 5.41) is 4.68. The van der Waals surface area contributed by atoms with Crippen LogP contribution in [0.25, 0.3) is 0 Å². The van der Waals surface area contributed by atoms with E-state index in [0.717, 1.165) is 25.6 Å². The lowest BCUT2D eigenvalue weighted by Crippen LogP contribution is -2.25. The molecular weight excluding hydrogens is 278 g/mol. The van der Waals surface area contributed by atoms with Crippen LogP contribution in [0.15, 0.2) is 6.20 Å². The van der Waals surface area contributed by atoms with Crippen LogP contribution in [0, 0.1) is 11.3 Å². The van der Waals surface area contributed by atoms with Gasteiger partial charge in [0, 0.05) is 30.7 Å². The Morgan fingerprint density at radius 1 is 1.33 bits per heavy atom. The highest BCUT2D eigenvalue weighted by molar-refractivity contribution is 7.15. The standard InChI is InChI=1S/C17H31N3S/c1-5-9-18-12-15-13-19-16(21-15)20-10-6-7-14(8-11-20)17(2,3)4/h13-14,18H,5-12H2,1-4H3. The normalized spacial score (nSPS) is 20.6. The number of hydrogen-bond donors (Lipinski definition) is 1. The van der Waals surface area contributed by atoms with Crippen LogP contribution in [0.2, 0.25) is 0 Å². The molecule has 21 heavy (non-hydrogen) atoms. The Bertz CT molecular complexity index is 422. The molecule has 4 heteroatoms. The smallest absolute Gasteiger partial charge is 0.185 e. The van der Waals surface area contributed by atoms with E-state index in [4.69, 9.17) is 0 Å². The number of hydrogen-bond acceptors (Lipinski definition) is 4. The van der Waals surface area contributed by atoms with Crippen LogP contribution < -0.4 is 10.2 Å². The zero-order valence-electron chi connectivity index (χ0n) is 14.1. The quantitative estimate of drug-likeness (QED) is 0.822. The minimum atomic E-state index is 0.439. The molecule has 1 aliphatic rings. The lowest BCUT2D eigenvalue weighted by Gasteiger charge is -2.29. The van der Waals surface area contributed by atoms with E-state index in [1.54, 1.807) is 0 Å². The number of rotatable bonds is 5. The van der Waals surface area contributed by atoms with E-state index in [9.17, 15) is 0 Å². The Morgan fingerprint density at radius 2 is 2.14 bits per heavy atom. The van der Waals surface area contributed by atoms with E-state index in [-0.39, 0.29) is 0 Å². The van der Waals surface area contributed by atoms with Crippen molar-refractivity contribution in [3.8, 4) is 0 Å². The first-order valence-corrected chi connectivity index (χ1v) is 9.22. The molecule has 0 radical (unpaired) electrons. The van der Waals surface area contributed by atoms with Crippen molar-refractivity contribution in [2.24, 2.45) is 11.3 Å². The summed E-state index contributed by atoms with van der Waals surface area (Å²) in [6.07, 6.45) is 7.19. The van der Waals surface area contributed by atoms with Crippen molar-refractivity contribution in [2.45, 2.75) is 59.9 Å². The van der Waals surface area contributed by atoms with Crippen LogP contribution >= 0.6 is 11.3 Å². The van der Waals surface area contributed by atoms with Gasteiger partial charge in [0.25, 0.3) is 0 Å². The SMILES string of the molecule is CCCNCc1cnc(N2CCCC(C(C)(C)C)CC2)s1. The predicted octanol–water partition coefficient (Wildman–Crippen LogP) is 4.30. The van der Waals surface area contributed by atoms with Crippen molar-refractivity contribution >= 4 is 16.5 Å². The molecule has 2 rings (SSSR count). The van der Waals surface area contributed by atoms with E-state index in [0.29, 0.717) is 5.41 Å². The molecule has 1 N–H and O–H groups in total. The molecule has 0 amide bonds. The fraction of sp³-hybridized carbons (Fsp3) is 0.824. The predicted molar refractivity (Wildman–Crippen MR) is 93.1 cm³/mol. The van der Waals surface area contributed by atoms with Gasteiger partial charge in [-0.1, -0.05) is 27.7 Å². The van der Waals surface area contributed by atoms with Crippen molar-refractivity contribution in [1.82, 2.24) is 10.3 Å². The molecule has 0 aromatic carbocycles. The van der Waals surface area contributed by atoms with E-state index < -0.39 is 0 Å². The number of nitrogens with zero attached hydrogens (tertiary/aromatic N) is 2. The van der Waals surface area contributed by atoms with Gasteiger partial charge in [0.2, 0.25) is 0 Å². The minimum Gasteiger partial charge on any atom is -0.348 e. The lowest BCUT2D eigenvalue weighted by atomic mass is 9.77. The molecule has 0 spiro atoms. The molecule has 0 aliphatic carbocycles. The van der Waals surface area contributed by atoms with Gasteiger partial charge in [-0.2, -0.15) is 0 Å². The molecule has 1 unspecified atom stereocenters. The Hall–Kier alpha value is -0.610. The highest BCUT2D eigenvalue weighted by atomic mass is 32.1. The second-order valence-corrected chi connectivity index (χ2v) is 8.36. The van der Waals surface area contributed by atoms with Crippen molar-refractivity contribution in [2.75, 3.05) is 24.5 Å². The maximum atomic E-state index is 4.65. The van der Waals surface area contributed by atoms with E-state index in [2.05, 4.69) is 49.1 Å². The maximum Gasteiger partial charge on any atom is 0.185 e. The Labute approximate surface area is 134 Å². The van der Waals surface area contributed by atoms with Crippen LogP contribution in [0.3, 0.4) is 0 Å². The second kappa shape index (κ2) is 7.59. The summed E-state index contributed by atoms with van der Waals surface area (Å²) < 4.78 is 0. The molecule has 1 atom stereocenters. The largest absolute Gasteiger partial charge is 0.348 e. The third-order valence-electron chi connectivity index (χ3n) is 4.49. The Balaban J connectivity index is 1.90. The van der Waals surface area contributed by atoms with Gasteiger partial charge in [-0.3, -0.25) is 0 Å². The first-order valence-electron chi connectivity index (χ1n) is 8.41. The van der Waals surface area contributed by atoms with Crippen molar-refractivity contribution < 1.29 is 0 Å². The van der Waals surface area contributed by atoms with Crippen LogP contribution in [0.5, 0.6) is 0 Å². The first kappa shape index (κ1) is 16.8. The molecule has 1 saturated heterocycles. The summed E-state index contributed by atoms with van der Waals surface area (Å²) in [6, 6.07) is 0. The zero-order chi connectivity index (χ0) is 15.3. The topological polar surface area (TPSA) is 28.2 Å². The van der Waals surface area contributed by atoms with Crippen LogP contribution in [0.4, 0.5) is 5.13 Å². The second-order valence-electron chi connectivity index (χ2n) is 7.27. The highest BCUT2D eigenvalue weighted by Gasteiger charge is 2.27. The van der Waals surface area contributed by atoms with Gasteiger partial charge in [0.15, 0.2) is 5.13 Å². The Kier molecular flexibility index (Phi) is 6.06. The van der Waals surface area contributed by atoms with Gasteiger partial charge in [0.1, 0.15) is 0 Å². The summed E-state index contributed by atoms with van der Waals surface area (Å²) in [4.78, 5) is 8.51. The molecule has 3 nitrogen and oxygen atoms in total. The lowest BCUT2D eigenvalue weighted by molar-refractivity contribution is 0.220. The van der Waals surface area contributed by atoms with E-state index in [1.807, 2.05) is 11.3 Å². The molecule has 1 aliphatic heterocycles. The first-order chi connectivity index (χ1) is 10.0. The minimum absolute atomic E-state index is 0.439. The monoisotopic (exact) mass is 309 g/mol. The van der Waals surface area contributed by atoms with E-state index >= 15 is 0 Å². The van der Waals surface area contributed by atoms with Crippen LogP contribution in [-0.4, -0.2) is 24.6 Å². The van der Waals surface area contributed by atoms with Gasteiger partial charge in [0.05, 0.1) is 0 Å². The third-order valence-corrected chi connectivity index (χ3v) is 5.55. The van der Waals surface area contributed by atoms with Gasteiger partial charge in [-0.15, -0.1) is 11.3 Å². The van der Waals surface area contributed by atoms with Crippen molar-refractivity contribution in [3.05, 3.63) is 11.1 Å². The zero-order valence-corrected chi connectivity index (χ0v) is 14.9. The van der Waals surface area contributed by atoms with Gasteiger partial charge in [-0.05, 0) is 43.6 Å². The van der Waals surface area contributed by atoms with Gasteiger partial charge < -0.3 is 10.2 Å². The number of anilines is 1. The average molecular weight is 310 g/mol. The van der Waals surface area contributed by atoms with Crippen LogP contribution in [-0.2, 0) is 6.54 Å². The third kappa shape index (κ3) is 4.96. The molecule has 1 fully saturated rings. The number of nitrogens with one attached hydrogen (secondary N) is 1. The molecular formula is C17H31N3S. The van der Waals surface area contributed by atoms with Crippen molar-refractivity contribution in [3.63, 3.8) is 0 Å². The summed E-state index contributed by atoms with van der Waals surface area (Å²) >= 11 is 1.86. The molecule has 1 aromatic rings. The number of aromatic nitrogens is 1. The number of thiazole rings is 1. The fourth-order valence-electron chi connectivity index (χ4n) is 3.07. The molecule has 2 heterocycles. The fourth-order valence-corrected chi connectivity index (χ4v) is 4.00. The summed E-state index contributed by atoms with van der Waals surface area (Å²) in [6.45, 7) is 13.7. The molecule has 1 aromatic heterocycles. The molecule has 0 saturated carbocycles. The highest BCUT2D eigenvalue weighted by Crippen LogP contribution is 2.35. The summed E-state index contributed by atoms with van der Waals surface area (Å²) in [5.41, 5.74) is 0.439. The van der Waals surface area contributed by atoms with Gasteiger partial charge in [-0.25, -0.2) is 4.98 Å². The van der Waals surface area contributed by atoms with Gasteiger partial charge >= 0.3 is 0 Å². The Morgan fingerprint density at radius 3 is 2.86 bits per heavy atom. The molecule has 0 bridgehead atoms. The van der Waals surface area contributed by atoms with E-state index in [1.165, 1.54) is 42.2 Å². The average Bonchev–Trinajstić information content (AvgIpc) is 2.73. The summed E-state index contributed by atoms with van der Waals surface area (Å²) in [5.74, 6) is 0.841. The van der Waals surface area contributed by atoms with Crippen LogP contribution in [0.1, 0.15) is 58.3 Å².